The van der Waals surface area contributed by atoms with Crippen LogP contribution in [0.1, 0.15) is 20.3 Å². The van der Waals surface area contributed by atoms with Crippen molar-refractivity contribution in [2.45, 2.75) is 26.3 Å². The molecule has 6 heteroatoms. The molecule has 1 aromatic heterocycles. The predicted molar refractivity (Wildman–Crippen MR) is 91.4 cm³/mol. The minimum absolute atomic E-state index is 0.0438. The second kappa shape index (κ2) is 8.84. The van der Waals surface area contributed by atoms with Crippen LogP contribution in [0.25, 0.3) is 0 Å². The lowest BCUT2D eigenvalue weighted by atomic mass is 10.0. The Morgan fingerprint density at radius 3 is 2.61 bits per heavy atom. The van der Waals surface area contributed by atoms with E-state index in [-0.39, 0.29) is 18.6 Å². The van der Waals surface area contributed by atoms with Crippen molar-refractivity contribution >= 4 is 11.7 Å². The molecule has 23 heavy (non-hydrogen) atoms. The number of hydrogen-bond donors (Lipinski definition) is 2. The van der Waals surface area contributed by atoms with Crippen molar-refractivity contribution in [1.82, 2.24) is 15.2 Å². The van der Waals surface area contributed by atoms with Gasteiger partial charge in [-0.05, 0) is 24.5 Å². The van der Waals surface area contributed by atoms with Crippen LogP contribution in [0.4, 0.5) is 5.82 Å². The van der Waals surface area contributed by atoms with Crippen LogP contribution in [-0.2, 0) is 4.79 Å². The van der Waals surface area contributed by atoms with Crippen LogP contribution in [0.15, 0.2) is 24.4 Å². The molecule has 0 bridgehead atoms. The zero-order valence-corrected chi connectivity index (χ0v) is 14.1. The third-order valence-electron chi connectivity index (χ3n) is 4.30. The number of hydrogen-bond acceptors (Lipinski definition) is 5. The molecule has 0 aromatic carbocycles. The van der Waals surface area contributed by atoms with Gasteiger partial charge in [-0.1, -0.05) is 19.9 Å². The Morgan fingerprint density at radius 2 is 2.04 bits per heavy atom. The molecule has 1 unspecified atom stereocenters. The van der Waals surface area contributed by atoms with E-state index in [0.717, 1.165) is 32.0 Å². The highest BCUT2D eigenvalue weighted by atomic mass is 16.3. The van der Waals surface area contributed by atoms with E-state index < -0.39 is 0 Å². The maximum Gasteiger partial charge on any atom is 0.234 e. The van der Waals surface area contributed by atoms with Crippen LogP contribution in [0.5, 0.6) is 0 Å². The molecule has 0 aliphatic carbocycles. The first kappa shape index (κ1) is 17.7. The summed E-state index contributed by atoms with van der Waals surface area (Å²) in [6.45, 7) is 8.13. The van der Waals surface area contributed by atoms with Gasteiger partial charge in [0.25, 0.3) is 0 Å². The summed E-state index contributed by atoms with van der Waals surface area (Å²) in [5, 5.41) is 12.1. The number of aliphatic hydroxyl groups excluding tert-OH is 1. The lowest BCUT2D eigenvalue weighted by molar-refractivity contribution is -0.123. The second-order valence-corrected chi connectivity index (χ2v) is 6.38. The number of anilines is 1. The van der Waals surface area contributed by atoms with Gasteiger partial charge in [0.2, 0.25) is 5.91 Å². The summed E-state index contributed by atoms with van der Waals surface area (Å²) < 4.78 is 0. The number of carbonyl (C=O) groups excluding carboxylic acids is 1. The van der Waals surface area contributed by atoms with Crippen LogP contribution in [0.3, 0.4) is 0 Å². The van der Waals surface area contributed by atoms with Gasteiger partial charge in [-0.15, -0.1) is 0 Å². The molecule has 1 saturated heterocycles. The molecular formula is C17H28N4O2. The molecule has 1 aliphatic heterocycles. The van der Waals surface area contributed by atoms with Gasteiger partial charge in [-0.25, -0.2) is 4.98 Å². The standard InChI is InChI=1S/C17H28N4O2/c1-14(2)15(6-12-22)19-17(23)13-20-8-10-21(11-9-20)16-5-3-4-7-18-16/h3-5,7,14-15,22H,6,8-13H2,1-2H3,(H,19,23). The van der Waals surface area contributed by atoms with E-state index in [4.69, 9.17) is 5.11 Å². The van der Waals surface area contributed by atoms with Crippen molar-refractivity contribution in [2.24, 2.45) is 5.92 Å². The average Bonchev–Trinajstić information content (AvgIpc) is 2.56. The molecule has 1 aromatic rings. The Labute approximate surface area is 138 Å². The Bertz CT molecular complexity index is 473. The smallest absolute Gasteiger partial charge is 0.234 e. The van der Waals surface area contributed by atoms with Gasteiger partial charge in [-0.3, -0.25) is 9.69 Å². The quantitative estimate of drug-likeness (QED) is 0.775. The molecule has 0 spiro atoms. The molecule has 2 N–H and O–H groups in total. The summed E-state index contributed by atoms with van der Waals surface area (Å²) in [6.07, 6.45) is 2.42. The van der Waals surface area contributed by atoms with Crippen molar-refractivity contribution in [1.29, 1.82) is 0 Å². The Morgan fingerprint density at radius 1 is 1.30 bits per heavy atom. The maximum atomic E-state index is 12.2. The van der Waals surface area contributed by atoms with Crippen molar-refractivity contribution < 1.29 is 9.90 Å². The fourth-order valence-electron chi connectivity index (χ4n) is 2.84. The highest BCUT2D eigenvalue weighted by Gasteiger charge is 2.21. The lowest BCUT2D eigenvalue weighted by Gasteiger charge is -2.35. The van der Waals surface area contributed by atoms with Crippen LogP contribution in [0.2, 0.25) is 0 Å². The molecule has 2 rings (SSSR count). The number of pyridine rings is 1. The zero-order valence-electron chi connectivity index (χ0n) is 14.1. The monoisotopic (exact) mass is 320 g/mol. The maximum absolute atomic E-state index is 12.2. The number of amides is 1. The number of piperazine rings is 1. The first-order chi connectivity index (χ1) is 11.1. The normalized spacial score (nSPS) is 17.3. The molecule has 0 saturated carbocycles. The third-order valence-corrected chi connectivity index (χ3v) is 4.30. The third kappa shape index (κ3) is 5.48. The Kier molecular flexibility index (Phi) is 6.80. The van der Waals surface area contributed by atoms with E-state index in [1.165, 1.54) is 0 Å². The van der Waals surface area contributed by atoms with Crippen LogP contribution < -0.4 is 10.2 Å². The van der Waals surface area contributed by atoms with Crippen molar-refractivity contribution in [2.75, 3.05) is 44.2 Å². The van der Waals surface area contributed by atoms with E-state index in [2.05, 4.69) is 33.9 Å². The summed E-state index contributed by atoms with van der Waals surface area (Å²) in [5.74, 6) is 1.37. The van der Waals surface area contributed by atoms with Gasteiger partial charge in [0, 0.05) is 45.0 Å². The number of rotatable bonds is 7. The fourth-order valence-corrected chi connectivity index (χ4v) is 2.84. The second-order valence-electron chi connectivity index (χ2n) is 6.38. The highest BCUT2D eigenvalue weighted by molar-refractivity contribution is 5.78. The first-order valence-corrected chi connectivity index (χ1v) is 8.38. The molecule has 1 amide bonds. The van der Waals surface area contributed by atoms with Gasteiger partial charge in [0.15, 0.2) is 0 Å². The molecule has 1 atom stereocenters. The Hall–Kier alpha value is -1.66. The average molecular weight is 320 g/mol. The van der Waals surface area contributed by atoms with Gasteiger partial charge < -0.3 is 15.3 Å². The summed E-state index contributed by atoms with van der Waals surface area (Å²) in [4.78, 5) is 21.0. The predicted octanol–water partition coefficient (Wildman–Crippen LogP) is 0.727. The van der Waals surface area contributed by atoms with Crippen LogP contribution in [-0.4, -0.2) is 66.3 Å². The van der Waals surface area contributed by atoms with Gasteiger partial charge >= 0.3 is 0 Å². The molecule has 1 fully saturated rings. The van der Waals surface area contributed by atoms with Crippen molar-refractivity contribution in [3.63, 3.8) is 0 Å². The Balaban J connectivity index is 1.76. The molecular weight excluding hydrogens is 292 g/mol. The van der Waals surface area contributed by atoms with E-state index in [0.29, 0.717) is 18.9 Å². The van der Waals surface area contributed by atoms with Crippen molar-refractivity contribution in [3.05, 3.63) is 24.4 Å². The van der Waals surface area contributed by atoms with Gasteiger partial charge in [0.1, 0.15) is 5.82 Å². The highest BCUT2D eigenvalue weighted by Crippen LogP contribution is 2.12. The molecule has 0 radical (unpaired) electrons. The molecule has 2 heterocycles. The van der Waals surface area contributed by atoms with Crippen LogP contribution in [0, 0.1) is 5.92 Å². The molecule has 6 nitrogen and oxygen atoms in total. The number of carbonyl (C=O) groups is 1. The number of nitrogens with one attached hydrogen (secondary N) is 1. The molecule has 1 aliphatic rings. The van der Waals surface area contributed by atoms with E-state index >= 15 is 0 Å². The lowest BCUT2D eigenvalue weighted by Crippen LogP contribution is -2.51. The van der Waals surface area contributed by atoms with E-state index in [9.17, 15) is 4.79 Å². The minimum atomic E-state index is 0.0438. The van der Waals surface area contributed by atoms with Gasteiger partial charge in [-0.2, -0.15) is 0 Å². The summed E-state index contributed by atoms with van der Waals surface area (Å²) >= 11 is 0. The largest absolute Gasteiger partial charge is 0.396 e. The van der Waals surface area contributed by atoms with E-state index in [1.807, 2.05) is 24.4 Å². The SMILES string of the molecule is CC(C)C(CCO)NC(=O)CN1CCN(c2ccccn2)CC1. The van der Waals surface area contributed by atoms with Gasteiger partial charge in [0.05, 0.1) is 6.54 Å². The topological polar surface area (TPSA) is 68.7 Å². The minimum Gasteiger partial charge on any atom is -0.396 e. The summed E-state index contributed by atoms with van der Waals surface area (Å²) in [6, 6.07) is 5.98. The van der Waals surface area contributed by atoms with Crippen LogP contribution >= 0.6 is 0 Å². The summed E-state index contributed by atoms with van der Waals surface area (Å²) in [5.41, 5.74) is 0. The summed E-state index contributed by atoms with van der Waals surface area (Å²) in [7, 11) is 0. The zero-order chi connectivity index (χ0) is 16.7. The fraction of sp³-hybridized carbons (Fsp3) is 0.647. The number of aliphatic hydroxyl groups is 1. The number of nitrogens with zero attached hydrogens (tertiary/aromatic N) is 3. The van der Waals surface area contributed by atoms with E-state index in [1.54, 1.807) is 0 Å². The van der Waals surface area contributed by atoms with Crippen molar-refractivity contribution in [3.8, 4) is 0 Å². The number of aromatic nitrogens is 1. The first-order valence-electron chi connectivity index (χ1n) is 8.38. The molecule has 128 valence electrons.